The van der Waals surface area contributed by atoms with Crippen molar-refractivity contribution in [2.24, 2.45) is 0 Å². The number of likely N-dealkylation sites (tertiary alicyclic amines) is 1. The van der Waals surface area contributed by atoms with E-state index in [1.54, 1.807) is 20.2 Å². The van der Waals surface area contributed by atoms with Crippen molar-refractivity contribution < 1.29 is 14.3 Å². The lowest BCUT2D eigenvalue weighted by molar-refractivity contribution is -0.135. The minimum atomic E-state index is -0.621. The van der Waals surface area contributed by atoms with Gasteiger partial charge in [-0.1, -0.05) is 30.3 Å². The molecule has 2 amide bonds. The molecule has 0 spiro atoms. The number of methoxy groups -OCH3 is 1. The molecule has 6 heteroatoms. The Morgan fingerprint density at radius 2 is 1.89 bits per heavy atom. The highest BCUT2D eigenvalue weighted by Crippen LogP contribution is 2.36. The zero-order chi connectivity index (χ0) is 19.3. The summed E-state index contributed by atoms with van der Waals surface area (Å²) in [6.45, 7) is 3.15. The first-order valence-electron chi connectivity index (χ1n) is 9.13. The molecular formula is C21H25N3O3. The highest BCUT2D eigenvalue weighted by Gasteiger charge is 2.43. The predicted molar refractivity (Wildman–Crippen MR) is 102 cm³/mol. The molecule has 0 radical (unpaired) electrons. The SMILES string of the molecule is COc1cc(CNC(=O)C2(c3ccccc3)CCN(C(C)=O)CC2)ccn1. The third-order valence-corrected chi connectivity index (χ3v) is 5.28. The Balaban J connectivity index is 1.78. The number of nitrogens with one attached hydrogen (secondary N) is 1. The number of piperidine rings is 1. The molecular weight excluding hydrogens is 342 g/mol. The maximum atomic E-state index is 13.3. The highest BCUT2D eigenvalue weighted by atomic mass is 16.5. The highest BCUT2D eigenvalue weighted by molar-refractivity contribution is 5.88. The van der Waals surface area contributed by atoms with Crippen LogP contribution in [0.5, 0.6) is 5.88 Å². The van der Waals surface area contributed by atoms with Crippen LogP contribution >= 0.6 is 0 Å². The molecule has 2 heterocycles. The molecule has 0 bridgehead atoms. The fourth-order valence-electron chi connectivity index (χ4n) is 3.63. The Morgan fingerprint density at radius 3 is 2.52 bits per heavy atom. The average molecular weight is 367 g/mol. The van der Waals surface area contributed by atoms with Crippen LogP contribution in [-0.4, -0.2) is 41.9 Å². The van der Waals surface area contributed by atoms with Gasteiger partial charge in [0, 0.05) is 38.8 Å². The molecule has 0 aliphatic carbocycles. The molecule has 1 aromatic heterocycles. The topological polar surface area (TPSA) is 71.5 Å². The van der Waals surface area contributed by atoms with E-state index in [0.29, 0.717) is 38.4 Å². The summed E-state index contributed by atoms with van der Waals surface area (Å²) in [5.74, 6) is 0.572. The van der Waals surface area contributed by atoms with Crippen molar-refractivity contribution in [2.75, 3.05) is 20.2 Å². The van der Waals surface area contributed by atoms with E-state index in [1.807, 2.05) is 47.4 Å². The zero-order valence-corrected chi connectivity index (χ0v) is 15.8. The van der Waals surface area contributed by atoms with Gasteiger partial charge in [-0.2, -0.15) is 0 Å². The van der Waals surface area contributed by atoms with Crippen molar-refractivity contribution in [3.63, 3.8) is 0 Å². The Bertz CT molecular complexity index is 799. The minimum absolute atomic E-state index is 0.00678. The summed E-state index contributed by atoms with van der Waals surface area (Å²) in [6, 6.07) is 13.5. The van der Waals surface area contributed by atoms with Crippen LogP contribution in [0.15, 0.2) is 48.7 Å². The maximum Gasteiger partial charge on any atom is 0.231 e. The average Bonchev–Trinajstić information content (AvgIpc) is 2.72. The molecule has 2 aromatic rings. The van der Waals surface area contributed by atoms with Gasteiger partial charge in [-0.05, 0) is 30.0 Å². The van der Waals surface area contributed by atoms with Crippen molar-refractivity contribution in [3.05, 3.63) is 59.8 Å². The van der Waals surface area contributed by atoms with Crippen LogP contribution in [0.25, 0.3) is 0 Å². The van der Waals surface area contributed by atoms with E-state index in [0.717, 1.165) is 11.1 Å². The van der Waals surface area contributed by atoms with Crippen LogP contribution in [0.3, 0.4) is 0 Å². The van der Waals surface area contributed by atoms with Crippen LogP contribution in [-0.2, 0) is 21.5 Å². The summed E-state index contributed by atoms with van der Waals surface area (Å²) in [6.07, 6.45) is 2.89. The van der Waals surface area contributed by atoms with Gasteiger partial charge >= 0.3 is 0 Å². The van der Waals surface area contributed by atoms with Gasteiger partial charge in [0.25, 0.3) is 0 Å². The summed E-state index contributed by atoms with van der Waals surface area (Å²) >= 11 is 0. The third-order valence-electron chi connectivity index (χ3n) is 5.28. The Hall–Kier alpha value is -2.89. The molecule has 0 atom stereocenters. The number of aromatic nitrogens is 1. The zero-order valence-electron chi connectivity index (χ0n) is 15.8. The lowest BCUT2D eigenvalue weighted by atomic mass is 9.72. The van der Waals surface area contributed by atoms with Gasteiger partial charge in [0.15, 0.2) is 0 Å². The first-order chi connectivity index (χ1) is 13.0. The first-order valence-corrected chi connectivity index (χ1v) is 9.13. The molecule has 1 fully saturated rings. The molecule has 1 aliphatic heterocycles. The van der Waals surface area contributed by atoms with Crippen LogP contribution in [0.4, 0.5) is 0 Å². The van der Waals surface area contributed by atoms with Gasteiger partial charge in [-0.15, -0.1) is 0 Å². The smallest absolute Gasteiger partial charge is 0.231 e. The lowest BCUT2D eigenvalue weighted by Crippen LogP contribution is -2.52. The largest absolute Gasteiger partial charge is 0.481 e. The normalized spacial score (nSPS) is 15.9. The monoisotopic (exact) mass is 367 g/mol. The second-order valence-electron chi connectivity index (χ2n) is 6.84. The van der Waals surface area contributed by atoms with Gasteiger partial charge in [0.1, 0.15) is 0 Å². The number of carbonyl (C=O) groups is 2. The number of pyridine rings is 1. The van der Waals surface area contributed by atoms with Gasteiger partial charge in [0.2, 0.25) is 17.7 Å². The van der Waals surface area contributed by atoms with E-state index >= 15 is 0 Å². The number of amides is 2. The van der Waals surface area contributed by atoms with Crippen LogP contribution in [0, 0.1) is 0 Å². The molecule has 0 saturated carbocycles. The minimum Gasteiger partial charge on any atom is -0.481 e. The second kappa shape index (κ2) is 8.20. The Labute approximate surface area is 159 Å². The molecule has 1 N–H and O–H groups in total. The van der Waals surface area contributed by atoms with Crippen molar-refractivity contribution >= 4 is 11.8 Å². The van der Waals surface area contributed by atoms with E-state index in [1.165, 1.54) is 0 Å². The van der Waals surface area contributed by atoms with Gasteiger partial charge in [-0.3, -0.25) is 9.59 Å². The molecule has 142 valence electrons. The first kappa shape index (κ1) is 18.9. The van der Waals surface area contributed by atoms with E-state index in [-0.39, 0.29) is 11.8 Å². The third kappa shape index (κ3) is 4.10. The van der Waals surface area contributed by atoms with Gasteiger partial charge < -0.3 is 15.0 Å². The molecule has 0 unspecified atom stereocenters. The summed E-state index contributed by atoms with van der Waals surface area (Å²) in [4.78, 5) is 30.9. The number of benzene rings is 1. The number of ether oxygens (including phenoxy) is 1. The van der Waals surface area contributed by atoms with Crippen LogP contribution < -0.4 is 10.1 Å². The van der Waals surface area contributed by atoms with Crippen LogP contribution in [0.1, 0.15) is 30.9 Å². The van der Waals surface area contributed by atoms with Crippen molar-refractivity contribution in [2.45, 2.75) is 31.7 Å². The number of hydrogen-bond donors (Lipinski definition) is 1. The summed E-state index contributed by atoms with van der Waals surface area (Å²) in [5, 5.41) is 3.08. The molecule has 3 rings (SSSR count). The maximum absolute atomic E-state index is 13.3. The van der Waals surface area contributed by atoms with E-state index in [9.17, 15) is 9.59 Å². The fraction of sp³-hybridized carbons (Fsp3) is 0.381. The van der Waals surface area contributed by atoms with Gasteiger partial charge in [0.05, 0.1) is 12.5 Å². The molecule has 6 nitrogen and oxygen atoms in total. The lowest BCUT2D eigenvalue weighted by Gasteiger charge is -2.40. The van der Waals surface area contributed by atoms with Crippen molar-refractivity contribution in [1.82, 2.24) is 15.2 Å². The summed E-state index contributed by atoms with van der Waals surface area (Å²) in [7, 11) is 1.57. The van der Waals surface area contributed by atoms with E-state index < -0.39 is 5.41 Å². The molecule has 27 heavy (non-hydrogen) atoms. The standard InChI is InChI=1S/C21H25N3O3/c1-16(25)24-12-9-21(10-13-24,18-6-4-3-5-7-18)20(26)23-15-17-8-11-22-19(14-17)27-2/h3-8,11,14H,9-10,12-13,15H2,1-2H3,(H,23,26). The quantitative estimate of drug-likeness (QED) is 0.880. The Kier molecular flexibility index (Phi) is 5.74. The van der Waals surface area contributed by atoms with Gasteiger partial charge in [-0.25, -0.2) is 4.98 Å². The second-order valence-corrected chi connectivity index (χ2v) is 6.84. The molecule has 1 aliphatic rings. The number of hydrogen-bond acceptors (Lipinski definition) is 4. The molecule has 1 aromatic carbocycles. The summed E-state index contributed by atoms with van der Waals surface area (Å²) in [5.41, 5.74) is 1.31. The van der Waals surface area contributed by atoms with E-state index in [4.69, 9.17) is 4.74 Å². The Morgan fingerprint density at radius 1 is 1.19 bits per heavy atom. The van der Waals surface area contributed by atoms with E-state index in [2.05, 4.69) is 10.3 Å². The van der Waals surface area contributed by atoms with Crippen molar-refractivity contribution in [3.8, 4) is 5.88 Å². The summed E-state index contributed by atoms with van der Waals surface area (Å²) < 4.78 is 5.14. The predicted octanol–water partition coefficient (Wildman–Crippen LogP) is 2.29. The van der Waals surface area contributed by atoms with Crippen molar-refractivity contribution in [1.29, 1.82) is 0 Å². The fourth-order valence-corrected chi connectivity index (χ4v) is 3.63. The number of carbonyl (C=O) groups excluding carboxylic acids is 2. The molecule has 1 saturated heterocycles. The van der Waals surface area contributed by atoms with Crippen LogP contribution in [0.2, 0.25) is 0 Å². The number of rotatable bonds is 5. The number of nitrogens with zero attached hydrogens (tertiary/aromatic N) is 2.